The first-order chi connectivity index (χ1) is 14.4. The summed E-state index contributed by atoms with van der Waals surface area (Å²) in [5, 5.41) is 3.15. The molecule has 0 fully saturated rings. The maximum atomic E-state index is 11.9. The number of hydrogen-bond donors (Lipinski definition) is 2. The molecule has 3 N–H and O–H groups in total. The van der Waals surface area contributed by atoms with Crippen molar-refractivity contribution in [3.63, 3.8) is 0 Å². The summed E-state index contributed by atoms with van der Waals surface area (Å²) in [4.78, 5) is 20.2. The Kier molecular flexibility index (Phi) is 7.52. The van der Waals surface area contributed by atoms with Crippen molar-refractivity contribution < 1.29 is 9.53 Å². The maximum Gasteiger partial charge on any atom is 0.407 e. The van der Waals surface area contributed by atoms with E-state index in [4.69, 9.17) is 22.1 Å². The third kappa shape index (κ3) is 6.10. The van der Waals surface area contributed by atoms with Crippen molar-refractivity contribution in [2.45, 2.75) is 46.2 Å². The van der Waals surface area contributed by atoms with Crippen molar-refractivity contribution in [3.05, 3.63) is 52.9 Å². The van der Waals surface area contributed by atoms with Gasteiger partial charge < -0.3 is 20.4 Å². The van der Waals surface area contributed by atoms with Gasteiger partial charge in [0, 0.05) is 19.2 Å². The highest BCUT2D eigenvalue weighted by Gasteiger charge is 2.09. The van der Waals surface area contributed by atoms with E-state index in [0.29, 0.717) is 35.6 Å². The Hall–Kier alpha value is -2.80. The molecule has 2 aromatic heterocycles. The van der Waals surface area contributed by atoms with Crippen LogP contribution >= 0.6 is 11.6 Å². The molecular weight excluding hydrogens is 402 g/mol. The van der Waals surface area contributed by atoms with Crippen LogP contribution in [0.25, 0.3) is 11.0 Å². The summed E-state index contributed by atoms with van der Waals surface area (Å²) in [6, 6.07) is 10.0. The Morgan fingerprint density at radius 2 is 2.07 bits per heavy atom. The fraction of sp³-hybridized carbons (Fsp3) is 0.409. The van der Waals surface area contributed by atoms with Gasteiger partial charge in [0.05, 0.1) is 18.5 Å². The molecule has 0 spiro atoms. The maximum absolute atomic E-state index is 11.9. The molecule has 1 aromatic carbocycles. The molecule has 8 heteroatoms. The first-order valence-electron chi connectivity index (χ1n) is 10.2. The summed E-state index contributed by atoms with van der Waals surface area (Å²) in [5.41, 5.74) is 9.70. The third-order valence-electron chi connectivity index (χ3n) is 4.70. The molecule has 3 rings (SSSR count). The van der Waals surface area contributed by atoms with Crippen LogP contribution in [0.1, 0.15) is 37.8 Å². The molecule has 0 aliphatic rings. The first kappa shape index (κ1) is 21.9. The van der Waals surface area contributed by atoms with Gasteiger partial charge in [0.25, 0.3) is 0 Å². The number of unbranched alkanes of at least 4 members (excludes halogenated alkanes) is 1. The van der Waals surface area contributed by atoms with Crippen LogP contribution in [0.2, 0.25) is 5.15 Å². The topological polar surface area (TPSA) is 95.1 Å². The number of carbonyl (C=O) groups is 1. The van der Waals surface area contributed by atoms with Gasteiger partial charge in [-0.1, -0.05) is 49.7 Å². The van der Waals surface area contributed by atoms with Crippen LogP contribution in [0.15, 0.2) is 36.7 Å². The number of amides is 1. The van der Waals surface area contributed by atoms with Crippen molar-refractivity contribution >= 4 is 34.5 Å². The molecule has 0 bridgehead atoms. The molecule has 0 atom stereocenters. The molecular formula is C22H28ClN5O2. The average Bonchev–Trinajstić information content (AvgIpc) is 3.09. The van der Waals surface area contributed by atoms with Crippen molar-refractivity contribution in [3.8, 4) is 0 Å². The van der Waals surface area contributed by atoms with E-state index >= 15 is 0 Å². The van der Waals surface area contributed by atoms with Gasteiger partial charge in [-0.15, -0.1) is 0 Å². The number of hydrogen-bond acceptors (Lipinski definition) is 5. The number of aryl methyl sites for hydroxylation is 1. The van der Waals surface area contributed by atoms with Crippen molar-refractivity contribution in [1.82, 2.24) is 19.9 Å². The van der Waals surface area contributed by atoms with Crippen LogP contribution in [0.4, 0.5) is 10.6 Å². The zero-order valence-electron chi connectivity index (χ0n) is 17.4. The lowest BCUT2D eigenvalue weighted by Crippen LogP contribution is -2.24. The molecule has 30 heavy (non-hydrogen) atoms. The second kappa shape index (κ2) is 10.3. The normalized spacial score (nSPS) is 11.2. The highest BCUT2D eigenvalue weighted by molar-refractivity contribution is 6.30. The van der Waals surface area contributed by atoms with Gasteiger partial charge in [-0.2, -0.15) is 0 Å². The molecule has 0 unspecified atom stereocenters. The number of nitrogen functional groups attached to an aromatic ring is 1. The fourth-order valence-corrected chi connectivity index (χ4v) is 3.54. The lowest BCUT2D eigenvalue weighted by Gasteiger charge is -2.10. The van der Waals surface area contributed by atoms with E-state index in [1.807, 2.05) is 16.7 Å². The second-order valence-electron chi connectivity index (χ2n) is 7.75. The monoisotopic (exact) mass is 429 g/mol. The lowest BCUT2D eigenvalue weighted by molar-refractivity contribution is 0.143. The number of pyridine rings is 1. The van der Waals surface area contributed by atoms with Crippen molar-refractivity contribution in [2.75, 3.05) is 12.3 Å². The average molecular weight is 430 g/mol. The summed E-state index contributed by atoms with van der Waals surface area (Å²) < 4.78 is 7.25. The van der Waals surface area contributed by atoms with Crippen LogP contribution in [0.5, 0.6) is 0 Å². The molecule has 0 saturated carbocycles. The van der Waals surface area contributed by atoms with E-state index in [1.54, 1.807) is 12.4 Å². The summed E-state index contributed by atoms with van der Waals surface area (Å²) in [7, 11) is 0. The lowest BCUT2D eigenvalue weighted by atomic mass is 10.0. The second-order valence-corrected chi connectivity index (χ2v) is 8.14. The number of alkyl carbamates (subject to hydrolysis) is 1. The van der Waals surface area contributed by atoms with Gasteiger partial charge in [-0.05, 0) is 36.3 Å². The van der Waals surface area contributed by atoms with Crippen LogP contribution in [0.3, 0.4) is 0 Å². The number of ether oxygens (including phenoxy) is 1. The summed E-state index contributed by atoms with van der Waals surface area (Å²) in [5.74, 6) is 0.926. The molecule has 0 aliphatic carbocycles. The molecule has 0 saturated heterocycles. The number of aromatic nitrogens is 3. The number of anilines is 1. The van der Waals surface area contributed by atoms with Crippen molar-refractivity contribution in [2.24, 2.45) is 5.92 Å². The highest BCUT2D eigenvalue weighted by Crippen LogP contribution is 2.21. The smallest absolute Gasteiger partial charge is 0.407 e. The van der Waals surface area contributed by atoms with Crippen molar-refractivity contribution in [1.29, 1.82) is 0 Å². The molecule has 160 valence electrons. The van der Waals surface area contributed by atoms with E-state index < -0.39 is 6.09 Å². The standard InChI is InChI=1S/C22H28ClN5O2/c1-15(2)10-16-6-5-7-17(11-16)13-25-22(29)30-9-4-3-8-28-14-26-20-18(28)12-19(23)27-21(20)24/h5-7,11-12,14-15H,3-4,8-10,13H2,1-2H3,(H2,24,27)(H,25,29). The molecule has 7 nitrogen and oxygen atoms in total. The van der Waals surface area contributed by atoms with E-state index in [0.717, 1.165) is 36.9 Å². The first-order valence-corrected chi connectivity index (χ1v) is 10.6. The molecule has 0 radical (unpaired) electrons. The Bertz CT molecular complexity index is 1000. The number of fused-ring (bicyclic) bond motifs is 1. The van der Waals surface area contributed by atoms with Gasteiger partial charge in [0.15, 0.2) is 5.82 Å². The molecule has 0 aliphatic heterocycles. The zero-order valence-corrected chi connectivity index (χ0v) is 18.2. The number of halogens is 1. The SMILES string of the molecule is CC(C)Cc1cccc(CNC(=O)OCCCCn2cnc3c(N)nc(Cl)cc32)c1. The van der Waals surface area contributed by atoms with Crippen LogP contribution in [0, 0.1) is 5.92 Å². The van der Waals surface area contributed by atoms with Gasteiger partial charge in [0.2, 0.25) is 0 Å². The number of carbonyl (C=O) groups excluding carboxylic acids is 1. The van der Waals surface area contributed by atoms with E-state index in [9.17, 15) is 4.79 Å². The van der Waals surface area contributed by atoms with E-state index in [-0.39, 0.29) is 0 Å². The Balaban J connectivity index is 1.37. The zero-order chi connectivity index (χ0) is 21.5. The van der Waals surface area contributed by atoms with Crippen LogP contribution in [-0.2, 0) is 24.2 Å². The molecule has 3 aromatic rings. The van der Waals surface area contributed by atoms with Gasteiger partial charge in [-0.3, -0.25) is 0 Å². The van der Waals surface area contributed by atoms with Crippen LogP contribution in [-0.4, -0.2) is 27.2 Å². The third-order valence-corrected chi connectivity index (χ3v) is 4.90. The van der Waals surface area contributed by atoms with Gasteiger partial charge in [-0.25, -0.2) is 14.8 Å². The Morgan fingerprint density at radius 3 is 2.87 bits per heavy atom. The number of nitrogens with one attached hydrogen (secondary N) is 1. The fourth-order valence-electron chi connectivity index (χ4n) is 3.34. The predicted octanol–water partition coefficient (Wildman–Crippen LogP) is 4.57. The number of imidazole rings is 1. The number of nitrogens with two attached hydrogens (primary N) is 1. The summed E-state index contributed by atoms with van der Waals surface area (Å²) >= 11 is 5.98. The van der Waals surface area contributed by atoms with Gasteiger partial charge >= 0.3 is 6.09 Å². The predicted molar refractivity (Wildman–Crippen MR) is 119 cm³/mol. The quantitative estimate of drug-likeness (QED) is 0.383. The summed E-state index contributed by atoms with van der Waals surface area (Å²) in [6.45, 7) is 5.93. The minimum absolute atomic E-state index is 0.325. The van der Waals surface area contributed by atoms with E-state index in [1.165, 1.54) is 5.56 Å². The summed E-state index contributed by atoms with van der Waals surface area (Å²) in [6.07, 6.45) is 3.92. The van der Waals surface area contributed by atoms with E-state index in [2.05, 4.69) is 41.3 Å². The Morgan fingerprint density at radius 1 is 1.27 bits per heavy atom. The number of rotatable bonds is 9. The number of benzene rings is 1. The molecule has 1 amide bonds. The number of nitrogens with zero attached hydrogens (tertiary/aromatic N) is 3. The van der Waals surface area contributed by atoms with Crippen LogP contribution < -0.4 is 11.1 Å². The minimum Gasteiger partial charge on any atom is -0.450 e. The van der Waals surface area contributed by atoms with Gasteiger partial charge in [0.1, 0.15) is 10.7 Å². The highest BCUT2D eigenvalue weighted by atomic mass is 35.5. The molecule has 2 heterocycles. The minimum atomic E-state index is -0.400. The Labute approximate surface area is 181 Å². The largest absolute Gasteiger partial charge is 0.450 e.